The second-order valence-electron chi connectivity index (χ2n) is 5.79. The van der Waals surface area contributed by atoms with Gasteiger partial charge in [-0.2, -0.15) is 0 Å². The highest BCUT2D eigenvalue weighted by molar-refractivity contribution is 5.62. The van der Waals surface area contributed by atoms with Crippen LogP contribution < -0.4 is 10.2 Å². The van der Waals surface area contributed by atoms with Gasteiger partial charge in [-0.15, -0.1) is 0 Å². The van der Waals surface area contributed by atoms with Crippen molar-refractivity contribution in [2.45, 2.75) is 58.9 Å². The zero-order chi connectivity index (χ0) is 14.3. The van der Waals surface area contributed by atoms with Crippen molar-refractivity contribution in [1.29, 1.82) is 0 Å². The van der Waals surface area contributed by atoms with Gasteiger partial charge < -0.3 is 10.2 Å². The van der Waals surface area contributed by atoms with E-state index in [0.29, 0.717) is 6.04 Å². The summed E-state index contributed by atoms with van der Waals surface area (Å²) in [5, 5.41) is 3.61. The maximum Gasteiger partial charge on any atom is 0.0411 e. The van der Waals surface area contributed by atoms with Crippen LogP contribution in [-0.4, -0.2) is 20.1 Å². The van der Waals surface area contributed by atoms with E-state index in [0.717, 1.165) is 0 Å². The summed E-state index contributed by atoms with van der Waals surface area (Å²) in [4.78, 5) is 2.17. The van der Waals surface area contributed by atoms with Gasteiger partial charge in [0, 0.05) is 31.5 Å². The van der Waals surface area contributed by atoms with Crippen LogP contribution >= 0.6 is 0 Å². The van der Waals surface area contributed by atoms with Crippen molar-refractivity contribution < 1.29 is 0 Å². The molecule has 0 aromatic heterocycles. The van der Waals surface area contributed by atoms with Crippen molar-refractivity contribution in [2.24, 2.45) is 0 Å². The molecule has 2 nitrogen and oxygen atoms in total. The predicted octanol–water partition coefficient (Wildman–Crippen LogP) is 4.83. The molecule has 2 heteroatoms. The van der Waals surface area contributed by atoms with Gasteiger partial charge in [-0.3, -0.25) is 0 Å². The molecule has 0 bridgehead atoms. The van der Waals surface area contributed by atoms with Crippen molar-refractivity contribution in [1.82, 2.24) is 0 Å². The van der Waals surface area contributed by atoms with Gasteiger partial charge in [0.25, 0.3) is 0 Å². The van der Waals surface area contributed by atoms with Crippen LogP contribution in [0.15, 0.2) is 18.2 Å². The molecule has 0 aliphatic carbocycles. The Morgan fingerprint density at radius 1 is 1.16 bits per heavy atom. The lowest BCUT2D eigenvalue weighted by Gasteiger charge is -2.20. The number of nitrogens with one attached hydrogen (secondary N) is 1. The highest BCUT2D eigenvalue weighted by Gasteiger charge is 2.05. The van der Waals surface area contributed by atoms with Crippen LogP contribution in [0.3, 0.4) is 0 Å². The number of anilines is 2. The van der Waals surface area contributed by atoms with Crippen molar-refractivity contribution in [3.05, 3.63) is 23.8 Å². The van der Waals surface area contributed by atoms with Gasteiger partial charge in [-0.1, -0.05) is 38.7 Å². The molecule has 1 N–H and O–H groups in total. The van der Waals surface area contributed by atoms with Crippen molar-refractivity contribution in [3.8, 4) is 0 Å². The molecular formula is C17H30N2. The highest BCUT2D eigenvalue weighted by atomic mass is 15.1. The second-order valence-corrected chi connectivity index (χ2v) is 5.79. The van der Waals surface area contributed by atoms with E-state index in [-0.39, 0.29) is 0 Å². The summed E-state index contributed by atoms with van der Waals surface area (Å²) in [5.41, 5.74) is 3.85. The maximum atomic E-state index is 3.61. The molecule has 0 heterocycles. The summed E-state index contributed by atoms with van der Waals surface area (Å²) in [6, 6.07) is 7.18. The third kappa shape index (κ3) is 5.54. The Morgan fingerprint density at radius 3 is 2.53 bits per heavy atom. The van der Waals surface area contributed by atoms with Gasteiger partial charge in [0.1, 0.15) is 0 Å². The van der Waals surface area contributed by atoms with Crippen molar-refractivity contribution in [2.75, 3.05) is 24.3 Å². The van der Waals surface area contributed by atoms with Crippen LogP contribution in [-0.2, 0) is 0 Å². The normalized spacial score (nSPS) is 12.3. The number of rotatable bonds is 8. The first kappa shape index (κ1) is 15.9. The number of hydrogen-bond donors (Lipinski definition) is 1. The van der Waals surface area contributed by atoms with Gasteiger partial charge >= 0.3 is 0 Å². The minimum absolute atomic E-state index is 0.551. The first-order chi connectivity index (χ1) is 9.04. The average molecular weight is 262 g/mol. The number of benzene rings is 1. The number of nitrogens with zero attached hydrogens (tertiary/aromatic N) is 1. The third-order valence-corrected chi connectivity index (χ3v) is 3.59. The number of unbranched alkanes of at least 4 members (excludes halogenated alkanes) is 3. The number of aryl methyl sites for hydroxylation is 1. The van der Waals surface area contributed by atoms with E-state index in [9.17, 15) is 0 Å². The molecular weight excluding hydrogens is 232 g/mol. The molecule has 1 unspecified atom stereocenters. The fourth-order valence-corrected chi connectivity index (χ4v) is 2.41. The van der Waals surface area contributed by atoms with Gasteiger partial charge in [0.2, 0.25) is 0 Å². The largest absolute Gasteiger partial charge is 0.383 e. The number of hydrogen-bond acceptors (Lipinski definition) is 2. The fourth-order valence-electron chi connectivity index (χ4n) is 2.41. The second kappa shape index (κ2) is 8.08. The standard InChI is InChI=1S/C17H30N2/c1-6-7-8-9-10-15(3)18-16-12-11-14(2)17(13-16)19(4)5/h11-13,15,18H,6-10H2,1-5H3. The molecule has 0 saturated carbocycles. The van der Waals surface area contributed by atoms with E-state index < -0.39 is 0 Å². The Morgan fingerprint density at radius 2 is 1.89 bits per heavy atom. The van der Waals surface area contributed by atoms with E-state index >= 15 is 0 Å². The molecule has 0 aliphatic heterocycles. The molecule has 19 heavy (non-hydrogen) atoms. The van der Waals surface area contributed by atoms with Crippen LogP contribution in [0.2, 0.25) is 0 Å². The molecule has 0 saturated heterocycles. The maximum absolute atomic E-state index is 3.61. The first-order valence-corrected chi connectivity index (χ1v) is 7.59. The van der Waals surface area contributed by atoms with Crippen LogP contribution in [0.5, 0.6) is 0 Å². The molecule has 108 valence electrons. The summed E-state index contributed by atoms with van der Waals surface area (Å²) >= 11 is 0. The first-order valence-electron chi connectivity index (χ1n) is 7.59. The lowest BCUT2D eigenvalue weighted by atomic mass is 10.1. The predicted molar refractivity (Wildman–Crippen MR) is 87.3 cm³/mol. The van der Waals surface area contributed by atoms with Crippen LogP contribution in [0.25, 0.3) is 0 Å². The van der Waals surface area contributed by atoms with Crippen molar-refractivity contribution >= 4 is 11.4 Å². The summed E-state index contributed by atoms with van der Waals surface area (Å²) in [5.74, 6) is 0. The molecule has 1 aromatic carbocycles. The van der Waals surface area contributed by atoms with E-state index in [4.69, 9.17) is 0 Å². The summed E-state index contributed by atoms with van der Waals surface area (Å²) in [6.45, 7) is 6.70. The lowest BCUT2D eigenvalue weighted by molar-refractivity contribution is 0.594. The smallest absolute Gasteiger partial charge is 0.0411 e. The Labute approximate surface area is 119 Å². The van der Waals surface area contributed by atoms with Crippen LogP contribution in [0.1, 0.15) is 51.5 Å². The molecule has 0 amide bonds. The molecule has 0 radical (unpaired) electrons. The zero-order valence-electron chi connectivity index (χ0n) is 13.3. The molecule has 1 atom stereocenters. The van der Waals surface area contributed by atoms with Gasteiger partial charge in [0.15, 0.2) is 0 Å². The van der Waals surface area contributed by atoms with Gasteiger partial charge in [-0.25, -0.2) is 0 Å². The Bertz CT molecular complexity index is 372. The Balaban J connectivity index is 2.50. The quantitative estimate of drug-likeness (QED) is 0.675. The summed E-state index contributed by atoms with van der Waals surface area (Å²) in [7, 11) is 4.20. The summed E-state index contributed by atoms with van der Waals surface area (Å²) < 4.78 is 0. The topological polar surface area (TPSA) is 15.3 Å². The molecule has 1 aromatic rings. The Kier molecular flexibility index (Phi) is 6.75. The SMILES string of the molecule is CCCCCCC(C)Nc1ccc(C)c(N(C)C)c1. The molecule has 0 spiro atoms. The van der Waals surface area contributed by atoms with Gasteiger partial charge in [0.05, 0.1) is 0 Å². The minimum atomic E-state index is 0.551. The van der Waals surface area contributed by atoms with E-state index in [1.165, 1.54) is 49.0 Å². The molecule has 0 fully saturated rings. The average Bonchev–Trinajstić information content (AvgIpc) is 2.36. The summed E-state index contributed by atoms with van der Waals surface area (Å²) in [6.07, 6.45) is 6.62. The minimum Gasteiger partial charge on any atom is -0.383 e. The lowest BCUT2D eigenvalue weighted by Crippen LogP contribution is -2.16. The van der Waals surface area contributed by atoms with E-state index in [2.05, 4.69) is 63.3 Å². The van der Waals surface area contributed by atoms with Crippen LogP contribution in [0.4, 0.5) is 11.4 Å². The van der Waals surface area contributed by atoms with E-state index in [1.807, 2.05) is 0 Å². The fraction of sp³-hybridized carbons (Fsp3) is 0.647. The van der Waals surface area contributed by atoms with Crippen LogP contribution in [0, 0.1) is 6.92 Å². The van der Waals surface area contributed by atoms with Gasteiger partial charge in [-0.05, 0) is 38.0 Å². The van der Waals surface area contributed by atoms with E-state index in [1.54, 1.807) is 0 Å². The third-order valence-electron chi connectivity index (χ3n) is 3.59. The molecule has 0 aliphatic rings. The van der Waals surface area contributed by atoms with Crippen molar-refractivity contribution in [3.63, 3.8) is 0 Å². The zero-order valence-corrected chi connectivity index (χ0v) is 13.3. The highest BCUT2D eigenvalue weighted by Crippen LogP contribution is 2.23. The monoisotopic (exact) mass is 262 g/mol. The Hall–Kier alpha value is -1.18. The molecule has 1 rings (SSSR count).